The number of halogens is 3. The highest BCUT2D eigenvalue weighted by atomic mass is 35.5. The molecule has 3 rings (SSSR count). The number of rotatable bonds is 4. The molecule has 0 bridgehead atoms. The minimum atomic E-state index is -0.107. The summed E-state index contributed by atoms with van der Waals surface area (Å²) in [4.78, 5) is 19.9. The van der Waals surface area contributed by atoms with Gasteiger partial charge in [0, 0.05) is 16.9 Å². The molecule has 0 atom stereocenters. The van der Waals surface area contributed by atoms with Crippen molar-refractivity contribution in [1.29, 1.82) is 0 Å². The van der Waals surface area contributed by atoms with Gasteiger partial charge in [0.15, 0.2) is 12.4 Å². The van der Waals surface area contributed by atoms with Crippen molar-refractivity contribution in [2.24, 2.45) is 0 Å². The van der Waals surface area contributed by atoms with Crippen LogP contribution in [0.3, 0.4) is 0 Å². The standard InChI is InChI=1S/C18H19Cl3N4O/c1-12-2-3-13(19)9-16(12)25-6-4-24(5-7-25)11-17(26)23-18-15(21)8-14(20)10-22-18/h2-3,8-10H,4-7,11H2,1H3,(H,22,23,26)/p+1. The van der Waals surface area contributed by atoms with Gasteiger partial charge in [-0.15, -0.1) is 0 Å². The molecule has 8 heteroatoms. The van der Waals surface area contributed by atoms with Crippen LogP contribution in [0.25, 0.3) is 0 Å². The van der Waals surface area contributed by atoms with Crippen molar-refractivity contribution in [3.05, 3.63) is 51.1 Å². The second-order valence-corrected chi connectivity index (χ2v) is 7.66. The Kier molecular flexibility index (Phi) is 6.24. The van der Waals surface area contributed by atoms with Gasteiger partial charge in [-0.25, -0.2) is 4.98 Å². The van der Waals surface area contributed by atoms with Gasteiger partial charge in [0.25, 0.3) is 5.91 Å². The molecule has 26 heavy (non-hydrogen) atoms. The number of quaternary nitrogens is 1. The average molecular weight is 415 g/mol. The summed E-state index contributed by atoms with van der Waals surface area (Å²) >= 11 is 18.0. The van der Waals surface area contributed by atoms with Crippen molar-refractivity contribution < 1.29 is 9.69 Å². The normalized spacial score (nSPS) is 15.2. The fourth-order valence-corrected chi connectivity index (χ4v) is 3.67. The van der Waals surface area contributed by atoms with Crippen LogP contribution in [0.1, 0.15) is 5.56 Å². The first kappa shape index (κ1) is 19.2. The lowest BCUT2D eigenvalue weighted by atomic mass is 10.1. The summed E-state index contributed by atoms with van der Waals surface area (Å²) in [6.07, 6.45) is 1.46. The van der Waals surface area contributed by atoms with Crippen LogP contribution in [0.4, 0.5) is 11.5 Å². The molecule has 1 saturated heterocycles. The molecule has 1 fully saturated rings. The highest BCUT2D eigenvalue weighted by Crippen LogP contribution is 2.24. The number of piperazine rings is 1. The highest BCUT2D eigenvalue weighted by molar-refractivity contribution is 6.36. The Morgan fingerprint density at radius 3 is 2.62 bits per heavy atom. The van der Waals surface area contributed by atoms with Crippen LogP contribution in [0.15, 0.2) is 30.5 Å². The van der Waals surface area contributed by atoms with Gasteiger partial charge < -0.3 is 15.1 Å². The maximum absolute atomic E-state index is 12.3. The molecule has 2 aromatic rings. The van der Waals surface area contributed by atoms with Gasteiger partial charge in [0.1, 0.15) is 0 Å². The third kappa shape index (κ3) is 4.80. The topological polar surface area (TPSA) is 49.7 Å². The Balaban J connectivity index is 1.53. The fraction of sp³-hybridized carbons (Fsp3) is 0.333. The lowest BCUT2D eigenvalue weighted by molar-refractivity contribution is -0.892. The number of hydrogen-bond acceptors (Lipinski definition) is 3. The number of aromatic nitrogens is 1. The number of nitrogens with zero attached hydrogens (tertiary/aromatic N) is 2. The molecule has 138 valence electrons. The molecular weight excluding hydrogens is 395 g/mol. The number of anilines is 2. The first-order valence-electron chi connectivity index (χ1n) is 8.38. The molecule has 1 aromatic carbocycles. The van der Waals surface area contributed by atoms with Crippen molar-refractivity contribution in [3.8, 4) is 0 Å². The first-order valence-corrected chi connectivity index (χ1v) is 9.51. The van der Waals surface area contributed by atoms with Gasteiger partial charge >= 0.3 is 0 Å². The van der Waals surface area contributed by atoms with Gasteiger partial charge in [-0.05, 0) is 30.7 Å². The maximum atomic E-state index is 12.3. The summed E-state index contributed by atoms with van der Waals surface area (Å²) in [5, 5.41) is 4.27. The van der Waals surface area contributed by atoms with Gasteiger partial charge in [0.05, 0.1) is 36.2 Å². The van der Waals surface area contributed by atoms with E-state index in [0.717, 1.165) is 36.9 Å². The van der Waals surface area contributed by atoms with Crippen LogP contribution in [0.5, 0.6) is 0 Å². The van der Waals surface area contributed by atoms with Crippen molar-refractivity contribution >= 4 is 52.2 Å². The Hall–Kier alpha value is -1.53. The number of hydrogen-bond donors (Lipinski definition) is 2. The van der Waals surface area contributed by atoms with E-state index >= 15 is 0 Å². The Morgan fingerprint density at radius 1 is 1.19 bits per heavy atom. The first-order chi connectivity index (χ1) is 12.4. The summed E-state index contributed by atoms with van der Waals surface area (Å²) < 4.78 is 0. The summed E-state index contributed by atoms with van der Waals surface area (Å²) in [7, 11) is 0. The van der Waals surface area contributed by atoms with Crippen molar-refractivity contribution in [1.82, 2.24) is 4.98 Å². The van der Waals surface area contributed by atoms with Crippen LogP contribution in [0.2, 0.25) is 15.1 Å². The summed E-state index contributed by atoms with van der Waals surface area (Å²) in [6.45, 7) is 5.97. The van der Waals surface area contributed by atoms with E-state index in [1.54, 1.807) is 6.07 Å². The number of amides is 1. The largest absolute Gasteiger partial charge is 0.360 e. The van der Waals surface area contributed by atoms with E-state index in [-0.39, 0.29) is 5.91 Å². The monoisotopic (exact) mass is 413 g/mol. The zero-order valence-corrected chi connectivity index (χ0v) is 16.6. The Labute approximate surface area is 167 Å². The predicted molar refractivity (Wildman–Crippen MR) is 107 cm³/mol. The predicted octanol–water partition coefficient (Wildman–Crippen LogP) is 2.69. The fourth-order valence-electron chi connectivity index (χ4n) is 3.07. The zero-order chi connectivity index (χ0) is 18.7. The third-order valence-electron chi connectivity index (χ3n) is 4.46. The Morgan fingerprint density at radius 2 is 1.92 bits per heavy atom. The highest BCUT2D eigenvalue weighted by Gasteiger charge is 2.23. The van der Waals surface area contributed by atoms with Crippen molar-refractivity contribution in [3.63, 3.8) is 0 Å². The molecule has 2 heterocycles. The van der Waals surface area contributed by atoms with Crippen molar-refractivity contribution in [2.45, 2.75) is 6.92 Å². The molecule has 5 nitrogen and oxygen atoms in total. The number of pyridine rings is 1. The van der Waals surface area contributed by atoms with Gasteiger partial charge in [-0.2, -0.15) is 0 Å². The van der Waals surface area contributed by atoms with Crippen LogP contribution in [-0.2, 0) is 4.79 Å². The number of benzene rings is 1. The molecular formula is C18H20Cl3N4O+. The summed E-state index contributed by atoms with van der Waals surface area (Å²) in [5.74, 6) is 0.234. The molecule has 0 radical (unpaired) electrons. The molecule has 0 unspecified atom stereocenters. The van der Waals surface area contributed by atoms with E-state index in [1.165, 1.54) is 16.7 Å². The van der Waals surface area contributed by atoms with E-state index in [1.807, 2.05) is 18.2 Å². The second-order valence-electron chi connectivity index (χ2n) is 6.38. The van der Waals surface area contributed by atoms with Gasteiger partial charge in [-0.3, -0.25) is 4.79 Å². The molecule has 1 aliphatic heterocycles. The summed E-state index contributed by atoms with van der Waals surface area (Å²) in [5.41, 5.74) is 2.37. The van der Waals surface area contributed by atoms with Crippen LogP contribution in [0, 0.1) is 6.92 Å². The van der Waals surface area contributed by atoms with Crippen LogP contribution >= 0.6 is 34.8 Å². The quantitative estimate of drug-likeness (QED) is 0.809. The molecule has 2 N–H and O–H groups in total. The Bertz CT molecular complexity index is 807. The SMILES string of the molecule is Cc1ccc(Cl)cc1N1CC[NH+](CC(=O)Nc2ncc(Cl)cc2Cl)CC1. The number of aryl methyl sites for hydroxylation is 1. The lowest BCUT2D eigenvalue weighted by Crippen LogP contribution is -3.15. The van der Waals surface area contributed by atoms with E-state index in [0.29, 0.717) is 22.4 Å². The third-order valence-corrected chi connectivity index (χ3v) is 5.19. The molecule has 0 aliphatic carbocycles. The summed E-state index contributed by atoms with van der Waals surface area (Å²) in [6, 6.07) is 7.50. The minimum absolute atomic E-state index is 0.107. The molecule has 1 aromatic heterocycles. The van der Waals surface area contributed by atoms with Crippen LogP contribution < -0.4 is 15.1 Å². The molecule has 0 spiro atoms. The maximum Gasteiger partial charge on any atom is 0.280 e. The van der Waals surface area contributed by atoms with Gasteiger partial charge in [-0.1, -0.05) is 40.9 Å². The molecule has 0 saturated carbocycles. The number of nitrogens with one attached hydrogen (secondary N) is 2. The number of carbonyl (C=O) groups is 1. The van der Waals surface area contributed by atoms with E-state index in [4.69, 9.17) is 34.8 Å². The smallest absolute Gasteiger partial charge is 0.280 e. The lowest BCUT2D eigenvalue weighted by Gasteiger charge is -2.34. The second kappa shape index (κ2) is 8.44. The van der Waals surface area contributed by atoms with E-state index in [9.17, 15) is 4.79 Å². The van der Waals surface area contributed by atoms with Crippen LogP contribution in [-0.4, -0.2) is 43.6 Å². The van der Waals surface area contributed by atoms with E-state index < -0.39 is 0 Å². The molecule has 1 amide bonds. The van der Waals surface area contributed by atoms with E-state index in [2.05, 4.69) is 22.1 Å². The number of carbonyl (C=O) groups excluding carboxylic acids is 1. The molecule has 1 aliphatic rings. The average Bonchev–Trinajstić information content (AvgIpc) is 2.60. The minimum Gasteiger partial charge on any atom is -0.360 e. The van der Waals surface area contributed by atoms with Gasteiger partial charge in [0.2, 0.25) is 0 Å². The zero-order valence-electron chi connectivity index (χ0n) is 14.4. The van der Waals surface area contributed by atoms with Crippen molar-refractivity contribution in [2.75, 3.05) is 42.9 Å².